The second-order valence-corrected chi connectivity index (χ2v) is 5.24. The Balaban J connectivity index is 1.86. The number of carbonyl (C=O) groups excluding carboxylic acids is 1. The molecule has 0 radical (unpaired) electrons. The maximum absolute atomic E-state index is 13.4. The number of hydrogen-bond donors (Lipinski definition) is 1. The van der Waals surface area contributed by atoms with E-state index in [0.717, 1.165) is 17.7 Å². The number of rotatable bonds is 5. The van der Waals surface area contributed by atoms with Crippen molar-refractivity contribution in [2.75, 3.05) is 11.1 Å². The van der Waals surface area contributed by atoms with E-state index in [0.29, 0.717) is 5.75 Å². The molecule has 2 aromatic carbocycles. The molecule has 2 rings (SSSR count). The highest BCUT2D eigenvalue weighted by molar-refractivity contribution is 7.99. The fourth-order valence-corrected chi connectivity index (χ4v) is 2.43. The molecule has 0 aromatic heterocycles. The van der Waals surface area contributed by atoms with Crippen LogP contribution in [0.15, 0.2) is 42.5 Å². The van der Waals surface area contributed by atoms with E-state index in [1.807, 2.05) is 30.3 Å². The second-order valence-electron chi connectivity index (χ2n) is 4.25. The van der Waals surface area contributed by atoms with Gasteiger partial charge in [-0.25, -0.2) is 13.2 Å². The van der Waals surface area contributed by atoms with Crippen LogP contribution >= 0.6 is 11.8 Å². The van der Waals surface area contributed by atoms with Crippen molar-refractivity contribution in [3.8, 4) is 0 Å². The van der Waals surface area contributed by atoms with Gasteiger partial charge in [-0.15, -0.1) is 11.8 Å². The van der Waals surface area contributed by atoms with Gasteiger partial charge in [-0.2, -0.15) is 0 Å². The molecule has 0 atom stereocenters. The molecule has 21 heavy (non-hydrogen) atoms. The predicted octanol–water partition coefficient (Wildman–Crippen LogP) is 3.98. The number of amides is 1. The summed E-state index contributed by atoms with van der Waals surface area (Å²) in [5, 5.41) is 2.22. The molecule has 0 unspecified atom stereocenters. The fraction of sp³-hybridized carbons (Fsp3) is 0.133. The lowest BCUT2D eigenvalue weighted by atomic mass is 10.2. The summed E-state index contributed by atoms with van der Waals surface area (Å²) in [7, 11) is 0. The average Bonchev–Trinajstić information content (AvgIpc) is 2.49. The Morgan fingerprint density at radius 1 is 1.00 bits per heavy atom. The minimum absolute atomic E-state index is 0.0906. The zero-order valence-corrected chi connectivity index (χ0v) is 11.7. The molecule has 6 heteroatoms. The lowest BCUT2D eigenvalue weighted by Gasteiger charge is -2.07. The van der Waals surface area contributed by atoms with E-state index in [2.05, 4.69) is 5.32 Å². The SMILES string of the molecule is O=C(CSCc1ccccc1)Nc1ccc(F)c(F)c1F. The number of nitrogens with one attached hydrogen (secondary N) is 1. The monoisotopic (exact) mass is 311 g/mol. The summed E-state index contributed by atoms with van der Waals surface area (Å²) in [4.78, 5) is 11.6. The highest BCUT2D eigenvalue weighted by atomic mass is 32.2. The molecule has 0 saturated carbocycles. The Labute approximate surface area is 124 Å². The van der Waals surface area contributed by atoms with Crippen molar-refractivity contribution in [3.05, 3.63) is 65.5 Å². The van der Waals surface area contributed by atoms with Gasteiger partial charge in [-0.05, 0) is 17.7 Å². The van der Waals surface area contributed by atoms with Crippen LogP contribution in [0.4, 0.5) is 18.9 Å². The van der Waals surface area contributed by atoms with Gasteiger partial charge in [-0.1, -0.05) is 30.3 Å². The third kappa shape index (κ3) is 4.26. The molecule has 1 N–H and O–H groups in total. The molecule has 1 amide bonds. The highest BCUT2D eigenvalue weighted by Crippen LogP contribution is 2.20. The third-order valence-electron chi connectivity index (χ3n) is 2.65. The van der Waals surface area contributed by atoms with Gasteiger partial charge in [-0.3, -0.25) is 4.79 Å². The Kier molecular flexibility index (Phi) is 5.27. The van der Waals surface area contributed by atoms with Crippen molar-refractivity contribution in [2.24, 2.45) is 0 Å². The van der Waals surface area contributed by atoms with Crippen LogP contribution in [0.3, 0.4) is 0 Å². The summed E-state index contributed by atoms with van der Waals surface area (Å²) in [5.41, 5.74) is 0.702. The molecular weight excluding hydrogens is 299 g/mol. The van der Waals surface area contributed by atoms with Crippen molar-refractivity contribution in [3.63, 3.8) is 0 Å². The lowest BCUT2D eigenvalue weighted by Crippen LogP contribution is -2.16. The summed E-state index contributed by atoms with van der Waals surface area (Å²) in [6.07, 6.45) is 0. The van der Waals surface area contributed by atoms with Crippen LogP contribution in [-0.2, 0) is 10.5 Å². The topological polar surface area (TPSA) is 29.1 Å². The Morgan fingerprint density at radius 2 is 1.71 bits per heavy atom. The first-order valence-corrected chi connectivity index (χ1v) is 7.28. The van der Waals surface area contributed by atoms with E-state index in [9.17, 15) is 18.0 Å². The highest BCUT2D eigenvalue weighted by Gasteiger charge is 2.15. The molecule has 2 aromatic rings. The van der Waals surface area contributed by atoms with E-state index < -0.39 is 23.4 Å². The zero-order valence-electron chi connectivity index (χ0n) is 10.9. The Bertz CT molecular complexity index is 634. The zero-order chi connectivity index (χ0) is 15.2. The number of thioether (sulfide) groups is 1. The number of anilines is 1. The Hall–Kier alpha value is -1.95. The van der Waals surface area contributed by atoms with Crippen molar-refractivity contribution >= 4 is 23.4 Å². The molecule has 0 heterocycles. The van der Waals surface area contributed by atoms with Gasteiger partial charge in [0.1, 0.15) is 0 Å². The summed E-state index contributed by atoms with van der Waals surface area (Å²) < 4.78 is 39.1. The fourth-order valence-electron chi connectivity index (χ4n) is 1.64. The van der Waals surface area contributed by atoms with Crippen molar-refractivity contribution in [1.82, 2.24) is 0 Å². The predicted molar refractivity (Wildman–Crippen MR) is 77.5 cm³/mol. The van der Waals surface area contributed by atoms with Crippen molar-refractivity contribution in [2.45, 2.75) is 5.75 Å². The number of halogens is 3. The van der Waals surface area contributed by atoms with Gasteiger partial charge in [0.25, 0.3) is 0 Å². The molecule has 2 nitrogen and oxygen atoms in total. The summed E-state index contributed by atoms with van der Waals surface area (Å²) in [5.74, 6) is -4.02. The number of carbonyl (C=O) groups is 1. The smallest absolute Gasteiger partial charge is 0.234 e. The summed E-state index contributed by atoms with van der Waals surface area (Å²) in [6, 6.07) is 11.3. The van der Waals surface area contributed by atoms with E-state index in [4.69, 9.17) is 0 Å². The Morgan fingerprint density at radius 3 is 2.43 bits per heavy atom. The van der Waals surface area contributed by atoms with Crippen molar-refractivity contribution in [1.29, 1.82) is 0 Å². The molecular formula is C15H12F3NOS. The molecule has 110 valence electrons. The maximum Gasteiger partial charge on any atom is 0.234 e. The van der Waals surface area contributed by atoms with Crippen LogP contribution in [0, 0.1) is 17.5 Å². The average molecular weight is 311 g/mol. The van der Waals surface area contributed by atoms with Crippen LogP contribution in [0.25, 0.3) is 0 Å². The molecule has 0 saturated heterocycles. The van der Waals surface area contributed by atoms with Crippen molar-refractivity contribution < 1.29 is 18.0 Å². The van der Waals surface area contributed by atoms with Gasteiger partial charge in [0.15, 0.2) is 17.5 Å². The van der Waals surface area contributed by atoms with Crippen LogP contribution in [0.1, 0.15) is 5.56 Å². The minimum atomic E-state index is -1.59. The molecule has 0 fully saturated rings. The van der Waals surface area contributed by atoms with Gasteiger partial charge >= 0.3 is 0 Å². The summed E-state index contributed by atoms with van der Waals surface area (Å²) >= 11 is 1.34. The summed E-state index contributed by atoms with van der Waals surface area (Å²) in [6.45, 7) is 0. The van der Waals surface area contributed by atoms with E-state index in [1.54, 1.807) is 0 Å². The quantitative estimate of drug-likeness (QED) is 0.846. The molecule has 0 aliphatic heterocycles. The lowest BCUT2D eigenvalue weighted by molar-refractivity contribution is -0.113. The van der Waals surface area contributed by atoms with Gasteiger partial charge in [0, 0.05) is 5.75 Å². The number of benzene rings is 2. The number of hydrogen-bond acceptors (Lipinski definition) is 2. The van der Waals surface area contributed by atoms with Crippen LogP contribution in [0.2, 0.25) is 0 Å². The first-order chi connectivity index (χ1) is 10.1. The first kappa shape index (κ1) is 15.4. The van der Waals surface area contributed by atoms with Gasteiger partial charge in [0.2, 0.25) is 5.91 Å². The van der Waals surface area contributed by atoms with Crippen LogP contribution in [0.5, 0.6) is 0 Å². The first-order valence-electron chi connectivity index (χ1n) is 6.13. The van der Waals surface area contributed by atoms with E-state index in [1.165, 1.54) is 11.8 Å². The van der Waals surface area contributed by atoms with Crippen LogP contribution in [-0.4, -0.2) is 11.7 Å². The van der Waals surface area contributed by atoms with E-state index >= 15 is 0 Å². The molecule has 0 spiro atoms. The van der Waals surface area contributed by atoms with Crippen LogP contribution < -0.4 is 5.32 Å². The third-order valence-corrected chi connectivity index (χ3v) is 3.66. The van der Waals surface area contributed by atoms with Gasteiger partial charge in [0.05, 0.1) is 11.4 Å². The largest absolute Gasteiger partial charge is 0.323 e. The standard InChI is InChI=1S/C15H12F3NOS/c16-11-6-7-12(15(18)14(11)17)19-13(20)9-21-8-10-4-2-1-3-5-10/h1-7H,8-9H2,(H,19,20). The maximum atomic E-state index is 13.4. The molecule has 0 bridgehead atoms. The van der Waals surface area contributed by atoms with Gasteiger partial charge < -0.3 is 5.32 Å². The molecule has 0 aliphatic carbocycles. The molecule has 0 aliphatic rings. The normalized spacial score (nSPS) is 10.4. The van der Waals surface area contributed by atoms with E-state index in [-0.39, 0.29) is 11.4 Å². The second kappa shape index (κ2) is 7.17. The minimum Gasteiger partial charge on any atom is -0.323 e.